The van der Waals surface area contributed by atoms with Crippen molar-refractivity contribution in [2.45, 2.75) is 6.42 Å². The van der Waals surface area contributed by atoms with E-state index in [9.17, 15) is 0 Å². The van der Waals surface area contributed by atoms with Crippen molar-refractivity contribution < 1.29 is 0 Å². The second-order valence-electron chi connectivity index (χ2n) is 3.90. The molecule has 0 saturated heterocycles. The molecule has 0 fully saturated rings. The van der Waals surface area contributed by atoms with Crippen LogP contribution in [0.15, 0.2) is 18.2 Å². The second-order valence-corrected chi connectivity index (χ2v) is 4.33. The zero-order valence-electron chi connectivity index (χ0n) is 8.92. The van der Waals surface area contributed by atoms with E-state index in [4.69, 9.17) is 11.6 Å². The van der Waals surface area contributed by atoms with Gasteiger partial charge >= 0.3 is 0 Å². The number of rotatable bonds is 3. The molecule has 1 heterocycles. The second kappa shape index (κ2) is 4.21. The number of hydrogen-bond acceptors (Lipinski definition) is 2. The first-order valence-corrected chi connectivity index (χ1v) is 5.32. The molecule has 1 aromatic carbocycles. The van der Waals surface area contributed by atoms with Gasteiger partial charge in [-0.3, -0.25) is 0 Å². The van der Waals surface area contributed by atoms with E-state index in [1.165, 1.54) is 0 Å². The smallest absolute Gasteiger partial charge is 0.108 e. The zero-order valence-corrected chi connectivity index (χ0v) is 9.67. The van der Waals surface area contributed by atoms with Gasteiger partial charge in [-0.2, -0.15) is 0 Å². The standard InChI is InChI=1S/C11H14ClN3/c1-15(2)6-5-11-13-9-4-3-8(12)7-10(9)14-11/h3-4,7H,5-6H2,1-2H3,(H,13,14). The lowest BCUT2D eigenvalue weighted by molar-refractivity contribution is 0.410. The molecule has 0 aliphatic carbocycles. The molecule has 0 bridgehead atoms. The molecule has 0 amide bonds. The summed E-state index contributed by atoms with van der Waals surface area (Å²) in [6.45, 7) is 0.994. The highest BCUT2D eigenvalue weighted by Crippen LogP contribution is 2.17. The van der Waals surface area contributed by atoms with Gasteiger partial charge in [0.25, 0.3) is 0 Å². The summed E-state index contributed by atoms with van der Waals surface area (Å²) in [4.78, 5) is 9.89. The number of hydrogen-bond donors (Lipinski definition) is 1. The molecule has 0 radical (unpaired) electrons. The van der Waals surface area contributed by atoms with Gasteiger partial charge in [-0.15, -0.1) is 0 Å². The molecule has 0 aliphatic rings. The molecule has 0 saturated carbocycles. The van der Waals surface area contributed by atoms with E-state index in [1.807, 2.05) is 18.2 Å². The van der Waals surface area contributed by atoms with Gasteiger partial charge < -0.3 is 9.88 Å². The Morgan fingerprint density at radius 1 is 1.40 bits per heavy atom. The average molecular weight is 224 g/mol. The van der Waals surface area contributed by atoms with E-state index in [0.29, 0.717) is 0 Å². The van der Waals surface area contributed by atoms with Crippen molar-refractivity contribution in [2.24, 2.45) is 0 Å². The molecule has 0 spiro atoms. The van der Waals surface area contributed by atoms with Crippen molar-refractivity contribution in [2.75, 3.05) is 20.6 Å². The number of nitrogens with one attached hydrogen (secondary N) is 1. The van der Waals surface area contributed by atoms with Crippen molar-refractivity contribution in [3.63, 3.8) is 0 Å². The predicted octanol–water partition coefficient (Wildman–Crippen LogP) is 2.32. The van der Waals surface area contributed by atoms with E-state index in [-0.39, 0.29) is 0 Å². The lowest BCUT2D eigenvalue weighted by atomic mass is 10.3. The maximum Gasteiger partial charge on any atom is 0.108 e. The molecule has 80 valence electrons. The number of fused-ring (bicyclic) bond motifs is 1. The minimum Gasteiger partial charge on any atom is -0.342 e. The van der Waals surface area contributed by atoms with Crippen LogP contribution in [0.25, 0.3) is 11.0 Å². The van der Waals surface area contributed by atoms with Crippen LogP contribution in [-0.2, 0) is 6.42 Å². The van der Waals surface area contributed by atoms with Crippen molar-refractivity contribution in [1.29, 1.82) is 0 Å². The summed E-state index contributed by atoms with van der Waals surface area (Å²) in [6, 6.07) is 5.71. The topological polar surface area (TPSA) is 31.9 Å². The molecule has 1 aromatic heterocycles. The third-order valence-electron chi connectivity index (χ3n) is 2.29. The van der Waals surface area contributed by atoms with Gasteiger partial charge in [-0.05, 0) is 32.3 Å². The fourth-order valence-electron chi connectivity index (χ4n) is 1.48. The highest BCUT2D eigenvalue weighted by molar-refractivity contribution is 6.31. The molecular weight excluding hydrogens is 210 g/mol. The Kier molecular flexibility index (Phi) is 2.93. The molecular formula is C11H14ClN3. The van der Waals surface area contributed by atoms with Crippen molar-refractivity contribution in [3.8, 4) is 0 Å². The van der Waals surface area contributed by atoms with Crippen LogP contribution in [0, 0.1) is 0 Å². The number of imidazole rings is 1. The largest absolute Gasteiger partial charge is 0.342 e. The van der Waals surface area contributed by atoms with Crippen LogP contribution in [0.5, 0.6) is 0 Å². The van der Waals surface area contributed by atoms with Crippen LogP contribution in [0.2, 0.25) is 5.02 Å². The fourth-order valence-corrected chi connectivity index (χ4v) is 1.65. The SMILES string of the molecule is CN(C)CCc1nc2ccc(Cl)cc2[nH]1. The molecule has 0 aliphatic heterocycles. The van der Waals surface area contributed by atoms with Gasteiger partial charge in [-0.1, -0.05) is 11.6 Å². The van der Waals surface area contributed by atoms with E-state index >= 15 is 0 Å². The normalized spacial score (nSPS) is 11.5. The summed E-state index contributed by atoms with van der Waals surface area (Å²) in [5.74, 6) is 1.01. The number of H-pyrrole nitrogens is 1. The van der Waals surface area contributed by atoms with E-state index in [1.54, 1.807) is 0 Å². The van der Waals surface area contributed by atoms with Gasteiger partial charge in [0, 0.05) is 18.0 Å². The number of aromatic nitrogens is 2. The van der Waals surface area contributed by atoms with E-state index in [2.05, 4.69) is 29.0 Å². The molecule has 4 heteroatoms. The first-order valence-electron chi connectivity index (χ1n) is 4.94. The van der Waals surface area contributed by atoms with Crippen LogP contribution >= 0.6 is 11.6 Å². The molecule has 0 unspecified atom stereocenters. The third-order valence-corrected chi connectivity index (χ3v) is 2.52. The monoisotopic (exact) mass is 223 g/mol. The minimum atomic E-state index is 0.741. The highest BCUT2D eigenvalue weighted by Gasteiger charge is 2.03. The van der Waals surface area contributed by atoms with Crippen LogP contribution in [-0.4, -0.2) is 35.5 Å². The summed E-state index contributed by atoms with van der Waals surface area (Å²) >= 11 is 5.90. The number of benzene rings is 1. The summed E-state index contributed by atoms with van der Waals surface area (Å²) in [7, 11) is 4.11. The molecule has 15 heavy (non-hydrogen) atoms. The lowest BCUT2D eigenvalue weighted by Gasteiger charge is -2.06. The van der Waals surface area contributed by atoms with Gasteiger partial charge in [0.15, 0.2) is 0 Å². The quantitative estimate of drug-likeness (QED) is 0.866. The van der Waals surface area contributed by atoms with Gasteiger partial charge in [0.2, 0.25) is 0 Å². The van der Waals surface area contributed by atoms with Gasteiger partial charge in [0.05, 0.1) is 11.0 Å². The maximum absolute atomic E-state index is 5.90. The third kappa shape index (κ3) is 2.49. The van der Waals surface area contributed by atoms with Crippen LogP contribution in [0.3, 0.4) is 0 Å². The van der Waals surface area contributed by atoms with Crippen molar-refractivity contribution in [3.05, 3.63) is 29.0 Å². The highest BCUT2D eigenvalue weighted by atomic mass is 35.5. The Bertz CT molecular complexity index is 462. The number of aromatic amines is 1. The lowest BCUT2D eigenvalue weighted by Crippen LogP contribution is -2.15. The van der Waals surface area contributed by atoms with Crippen LogP contribution < -0.4 is 0 Å². The van der Waals surface area contributed by atoms with E-state index < -0.39 is 0 Å². The predicted molar refractivity (Wildman–Crippen MR) is 63.4 cm³/mol. The van der Waals surface area contributed by atoms with Gasteiger partial charge in [-0.25, -0.2) is 4.98 Å². The Balaban J connectivity index is 2.23. The van der Waals surface area contributed by atoms with Crippen molar-refractivity contribution in [1.82, 2.24) is 14.9 Å². The molecule has 3 nitrogen and oxygen atoms in total. The zero-order chi connectivity index (χ0) is 10.8. The molecule has 2 aromatic rings. The number of likely N-dealkylation sites (N-methyl/N-ethyl adjacent to an activating group) is 1. The maximum atomic E-state index is 5.90. The first-order chi connectivity index (χ1) is 7.15. The molecule has 0 atom stereocenters. The molecule has 1 N–H and O–H groups in total. The Labute approximate surface area is 94.1 Å². The fraction of sp³-hybridized carbons (Fsp3) is 0.364. The average Bonchev–Trinajstić information content (AvgIpc) is 2.56. The summed E-state index contributed by atoms with van der Waals surface area (Å²) in [5.41, 5.74) is 1.99. The Hall–Kier alpha value is -1.06. The molecule has 2 rings (SSSR count). The van der Waals surface area contributed by atoms with Crippen molar-refractivity contribution >= 4 is 22.6 Å². The number of nitrogens with zero attached hydrogens (tertiary/aromatic N) is 2. The first kappa shape index (κ1) is 10.5. The van der Waals surface area contributed by atoms with Crippen LogP contribution in [0.4, 0.5) is 0 Å². The Morgan fingerprint density at radius 2 is 2.20 bits per heavy atom. The summed E-state index contributed by atoms with van der Waals surface area (Å²) in [6.07, 6.45) is 0.930. The summed E-state index contributed by atoms with van der Waals surface area (Å²) in [5, 5.41) is 0.741. The van der Waals surface area contributed by atoms with Gasteiger partial charge in [0.1, 0.15) is 5.82 Å². The van der Waals surface area contributed by atoms with E-state index in [0.717, 1.165) is 34.8 Å². The summed E-state index contributed by atoms with van der Waals surface area (Å²) < 4.78 is 0. The number of halogens is 1. The Morgan fingerprint density at radius 3 is 2.93 bits per heavy atom. The minimum absolute atomic E-state index is 0.741. The van der Waals surface area contributed by atoms with Crippen LogP contribution in [0.1, 0.15) is 5.82 Å².